The van der Waals surface area contributed by atoms with E-state index in [4.69, 9.17) is 29.5 Å². The van der Waals surface area contributed by atoms with Crippen LogP contribution in [0.3, 0.4) is 0 Å². The van der Waals surface area contributed by atoms with Gasteiger partial charge in [0.05, 0.1) is 12.9 Å². The quantitative estimate of drug-likeness (QED) is 0.350. The van der Waals surface area contributed by atoms with E-state index in [1.165, 1.54) is 17.2 Å². The monoisotopic (exact) mass is 389 g/mol. The maximum atomic E-state index is 11.5. The Morgan fingerprint density at radius 3 is 2.73 bits per heavy atom. The molecule has 1 aliphatic rings. The molecule has 0 aliphatic carbocycles. The summed E-state index contributed by atoms with van der Waals surface area (Å²) < 4.78 is 28.1. The van der Waals surface area contributed by atoms with Crippen molar-refractivity contribution in [3.63, 3.8) is 0 Å². The number of carbonyl (C=O) groups excluding carboxylic acids is 1. The maximum absolute atomic E-state index is 11.5. The lowest BCUT2D eigenvalue weighted by molar-refractivity contribution is -0.155. The summed E-state index contributed by atoms with van der Waals surface area (Å²) in [5.74, 6) is -0.627. The molecule has 0 radical (unpaired) electrons. The van der Waals surface area contributed by atoms with Crippen molar-refractivity contribution < 1.29 is 38.3 Å². The highest BCUT2D eigenvalue weighted by atomic mass is 31.2. The Morgan fingerprint density at radius 1 is 1.38 bits per heavy atom. The first-order valence-electron chi connectivity index (χ1n) is 7.31. The number of imidazole rings is 1. The van der Waals surface area contributed by atoms with Gasteiger partial charge in [-0.1, -0.05) is 0 Å². The molecule has 3 heterocycles. The lowest BCUT2D eigenvalue weighted by Gasteiger charge is -2.24. The SMILES string of the molecule is CC(=O)O[C@@H]1[C@H](OP(=O)(O)O)[C@@H](CO)O[C@H]1n1cnc2c(N)ncnc21. The number of phosphoric ester groups is 1. The molecule has 0 bridgehead atoms. The lowest BCUT2D eigenvalue weighted by Crippen LogP contribution is -2.38. The van der Waals surface area contributed by atoms with E-state index in [1.54, 1.807) is 0 Å². The molecule has 1 fully saturated rings. The van der Waals surface area contributed by atoms with Gasteiger partial charge < -0.3 is 30.1 Å². The molecule has 0 unspecified atom stereocenters. The topological polar surface area (TPSA) is 192 Å². The van der Waals surface area contributed by atoms with Gasteiger partial charge in [0.2, 0.25) is 0 Å². The average Bonchev–Trinajstić information content (AvgIpc) is 3.09. The average molecular weight is 389 g/mol. The van der Waals surface area contributed by atoms with Crippen LogP contribution in [-0.4, -0.2) is 65.3 Å². The van der Waals surface area contributed by atoms with E-state index in [-0.39, 0.29) is 17.0 Å². The number of hydrogen-bond donors (Lipinski definition) is 4. The van der Waals surface area contributed by atoms with Crippen LogP contribution in [0.15, 0.2) is 12.7 Å². The molecule has 0 amide bonds. The molecular weight excluding hydrogens is 373 g/mol. The molecule has 14 heteroatoms. The number of nitrogen functional groups attached to an aromatic ring is 1. The molecular formula is C12H16N5O8P. The number of fused-ring (bicyclic) bond motifs is 1. The van der Waals surface area contributed by atoms with Gasteiger partial charge in [0.1, 0.15) is 24.1 Å². The fraction of sp³-hybridized carbons (Fsp3) is 0.500. The zero-order valence-electron chi connectivity index (χ0n) is 13.4. The van der Waals surface area contributed by atoms with Gasteiger partial charge in [0, 0.05) is 6.92 Å². The highest BCUT2D eigenvalue weighted by molar-refractivity contribution is 7.46. The van der Waals surface area contributed by atoms with Crippen LogP contribution >= 0.6 is 7.82 Å². The van der Waals surface area contributed by atoms with Crippen LogP contribution < -0.4 is 5.73 Å². The van der Waals surface area contributed by atoms with Crippen molar-refractivity contribution in [2.75, 3.05) is 12.3 Å². The van der Waals surface area contributed by atoms with Crippen LogP contribution in [0.4, 0.5) is 5.82 Å². The van der Waals surface area contributed by atoms with Crippen LogP contribution in [0.2, 0.25) is 0 Å². The summed E-state index contributed by atoms with van der Waals surface area (Å²) in [6, 6.07) is 0. The van der Waals surface area contributed by atoms with Gasteiger partial charge in [0.15, 0.2) is 23.8 Å². The number of nitrogens with two attached hydrogens (primary N) is 1. The number of aliphatic hydroxyl groups excluding tert-OH is 1. The van der Waals surface area contributed by atoms with Gasteiger partial charge in [-0.15, -0.1) is 0 Å². The van der Waals surface area contributed by atoms with E-state index in [0.717, 1.165) is 6.92 Å². The molecule has 0 saturated carbocycles. The first-order valence-corrected chi connectivity index (χ1v) is 8.85. The molecule has 2 aromatic heterocycles. The number of aromatic nitrogens is 4. The first kappa shape index (κ1) is 18.6. The van der Waals surface area contributed by atoms with E-state index in [0.29, 0.717) is 0 Å². The second-order valence-electron chi connectivity index (χ2n) is 5.47. The number of carbonyl (C=O) groups is 1. The fourth-order valence-corrected chi connectivity index (χ4v) is 3.31. The summed E-state index contributed by atoms with van der Waals surface area (Å²) in [5.41, 5.74) is 6.23. The normalized spacial score (nSPS) is 26.3. The van der Waals surface area contributed by atoms with Crippen molar-refractivity contribution in [3.8, 4) is 0 Å². The fourth-order valence-electron chi connectivity index (χ4n) is 2.74. The van der Waals surface area contributed by atoms with Crippen molar-refractivity contribution in [1.82, 2.24) is 19.5 Å². The third kappa shape index (κ3) is 3.53. The summed E-state index contributed by atoms with van der Waals surface area (Å²) in [5, 5.41) is 9.49. The highest BCUT2D eigenvalue weighted by Crippen LogP contribution is 2.45. The van der Waals surface area contributed by atoms with E-state index in [2.05, 4.69) is 15.0 Å². The number of anilines is 1. The van der Waals surface area contributed by atoms with Crippen molar-refractivity contribution in [1.29, 1.82) is 0 Å². The van der Waals surface area contributed by atoms with E-state index in [9.17, 15) is 14.5 Å². The van der Waals surface area contributed by atoms with Gasteiger partial charge in [-0.2, -0.15) is 0 Å². The van der Waals surface area contributed by atoms with Crippen LogP contribution in [0.25, 0.3) is 11.2 Å². The Labute approximate surface area is 146 Å². The minimum atomic E-state index is -4.96. The summed E-state index contributed by atoms with van der Waals surface area (Å²) in [7, 11) is -4.96. The zero-order chi connectivity index (χ0) is 19.1. The number of nitrogens with zero attached hydrogens (tertiary/aromatic N) is 4. The predicted molar refractivity (Wildman–Crippen MR) is 83.2 cm³/mol. The van der Waals surface area contributed by atoms with Crippen molar-refractivity contribution in [2.45, 2.75) is 31.5 Å². The Kier molecular flexibility index (Phi) is 4.92. The largest absolute Gasteiger partial charge is 0.470 e. The molecule has 0 spiro atoms. The Bertz CT molecular complexity index is 868. The summed E-state index contributed by atoms with van der Waals surface area (Å²) in [4.78, 5) is 41.6. The Morgan fingerprint density at radius 2 is 2.12 bits per heavy atom. The second-order valence-corrected chi connectivity index (χ2v) is 6.66. The third-order valence-corrected chi connectivity index (χ3v) is 4.21. The molecule has 5 N–H and O–H groups in total. The molecule has 3 rings (SSSR count). The van der Waals surface area contributed by atoms with Gasteiger partial charge in [-0.25, -0.2) is 19.5 Å². The van der Waals surface area contributed by atoms with E-state index >= 15 is 0 Å². The number of ether oxygens (including phenoxy) is 2. The van der Waals surface area contributed by atoms with Crippen LogP contribution in [0.5, 0.6) is 0 Å². The van der Waals surface area contributed by atoms with Crippen LogP contribution in [0.1, 0.15) is 13.2 Å². The molecule has 1 saturated heterocycles. The van der Waals surface area contributed by atoms with Crippen LogP contribution in [-0.2, 0) is 23.4 Å². The molecule has 1 aliphatic heterocycles. The number of hydrogen-bond acceptors (Lipinski definition) is 10. The molecule has 142 valence electrons. The summed E-state index contributed by atoms with van der Waals surface area (Å²) in [6.07, 6.45) is -2.51. The number of esters is 1. The molecule has 13 nitrogen and oxygen atoms in total. The Hall–Kier alpha value is -2.15. The number of phosphoric acid groups is 1. The Balaban J connectivity index is 2.04. The molecule has 4 atom stereocenters. The zero-order valence-corrected chi connectivity index (χ0v) is 14.3. The minimum Gasteiger partial charge on any atom is -0.455 e. The first-order chi connectivity index (χ1) is 12.2. The summed E-state index contributed by atoms with van der Waals surface area (Å²) in [6.45, 7) is 0.479. The van der Waals surface area contributed by atoms with Crippen molar-refractivity contribution in [2.24, 2.45) is 0 Å². The molecule has 2 aromatic rings. The van der Waals surface area contributed by atoms with Gasteiger partial charge >= 0.3 is 13.8 Å². The van der Waals surface area contributed by atoms with Crippen molar-refractivity contribution >= 4 is 30.8 Å². The highest BCUT2D eigenvalue weighted by Gasteiger charge is 2.51. The van der Waals surface area contributed by atoms with E-state index < -0.39 is 44.9 Å². The summed E-state index contributed by atoms with van der Waals surface area (Å²) >= 11 is 0. The maximum Gasteiger partial charge on any atom is 0.470 e. The standard InChI is InChI=1S/C12H16N5O8P/c1-5(19)23-9-8(25-26(20,21)22)6(2-18)24-12(9)17-4-16-7-10(13)14-3-15-11(7)17/h3-4,6,8-9,12,18H,2H2,1H3,(H2,13,14,15)(H2,20,21,22)/t6-,8-,9-,12-/m1/s1. The predicted octanol–water partition coefficient (Wildman–Crippen LogP) is -1.29. The minimum absolute atomic E-state index is 0.109. The van der Waals surface area contributed by atoms with Crippen LogP contribution in [0, 0.1) is 0 Å². The second kappa shape index (κ2) is 6.87. The van der Waals surface area contributed by atoms with Gasteiger partial charge in [0.25, 0.3) is 0 Å². The smallest absolute Gasteiger partial charge is 0.455 e. The lowest BCUT2D eigenvalue weighted by atomic mass is 10.1. The molecule has 26 heavy (non-hydrogen) atoms. The third-order valence-electron chi connectivity index (χ3n) is 3.69. The molecule has 0 aromatic carbocycles. The van der Waals surface area contributed by atoms with E-state index in [1.807, 2.05) is 0 Å². The number of rotatable bonds is 5. The van der Waals surface area contributed by atoms with Crippen molar-refractivity contribution in [3.05, 3.63) is 12.7 Å². The van der Waals surface area contributed by atoms with Gasteiger partial charge in [-0.3, -0.25) is 13.9 Å². The van der Waals surface area contributed by atoms with Gasteiger partial charge in [-0.05, 0) is 0 Å². The number of aliphatic hydroxyl groups is 1.